The smallest absolute Gasteiger partial charge is 0.259 e. The van der Waals surface area contributed by atoms with Crippen LogP contribution in [-0.4, -0.2) is 12.0 Å². The summed E-state index contributed by atoms with van der Waals surface area (Å²) in [6.45, 7) is 39.1. The zero-order valence-electron chi connectivity index (χ0n) is 50.5. The van der Waals surface area contributed by atoms with Gasteiger partial charge in [-0.05, 0) is 197 Å². The third-order valence-electron chi connectivity index (χ3n) is 20.1. The molecule has 0 aromatic heterocycles. The lowest BCUT2D eigenvalue weighted by molar-refractivity contribution is 0.0881. The molecule has 12 rings (SSSR count). The van der Waals surface area contributed by atoms with Gasteiger partial charge in [0.25, 0.3) is 6.71 Å². The van der Waals surface area contributed by atoms with E-state index in [0.29, 0.717) is 10.8 Å². The summed E-state index contributed by atoms with van der Waals surface area (Å²) in [4.78, 5) is 6.68. The Morgan fingerprint density at radius 1 is 0.457 bits per heavy atom. The van der Waals surface area contributed by atoms with Crippen LogP contribution in [0.1, 0.15) is 202 Å². The molecule has 0 radical (unpaired) electrons. The summed E-state index contributed by atoms with van der Waals surface area (Å²) in [7, 11) is 0. The maximum absolute atomic E-state index is 9.62. The normalized spacial score (nSPS) is 27.0. The number of hydrogen-bond acceptors (Lipinski definition) is 3. The Kier molecular flexibility index (Phi) is 8.72. The van der Waals surface area contributed by atoms with Crippen molar-refractivity contribution in [2.45, 2.75) is 200 Å². The van der Waals surface area contributed by atoms with E-state index in [4.69, 9.17) is 4.11 Å². The van der Waals surface area contributed by atoms with Crippen LogP contribution in [0.3, 0.4) is 0 Å². The predicted molar refractivity (Wildman–Crippen MR) is 305 cm³/mol. The van der Waals surface area contributed by atoms with Crippen molar-refractivity contribution in [2.75, 3.05) is 9.80 Å². The highest BCUT2D eigenvalue weighted by Gasteiger charge is 2.60. The third kappa shape index (κ3) is 6.71. The number of fused-ring (bicyclic) bond motifs is 8. The predicted octanol–water partition coefficient (Wildman–Crippen LogP) is 17.3. The molecule has 5 aromatic carbocycles. The summed E-state index contributed by atoms with van der Waals surface area (Å²) in [6, 6.07) is 23.0. The Morgan fingerprint density at radius 3 is 1.43 bits per heavy atom. The van der Waals surface area contributed by atoms with Crippen molar-refractivity contribution in [2.24, 2.45) is 16.7 Å². The molecule has 2 unspecified atom stereocenters. The summed E-state index contributed by atoms with van der Waals surface area (Å²) in [5.74, 6) is 0.225. The van der Waals surface area contributed by atoms with Crippen molar-refractivity contribution in [1.29, 1.82) is 0 Å². The molecule has 0 N–H and O–H groups in total. The van der Waals surface area contributed by atoms with Gasteiger partial charge >= 0.3 is 0 Å². The topological polar surface area (TPSA) is 6.48 Å². The lowest BCUT2D eigenvalue weighted by atomic mass is 9.35. The Balaban J connectivity index is 1.26. The first kappa shape index (κ1) is 41.3. The van der Waals surface area contributed by atoms with Gasteiger partial charge in [-0.3, -0.25) is 0 Å². The van der Waals surface area contributed by atoms with Crippen LogP contribution in [-0.2, 0) is 32.5 Å². The molecule has 4 aliphatic carbocycles. The van der Waals surface area contributed by atoms with Crippen LogP contribution in [0.25, 0.3) is 11.1 Å². The van der Waals surface area contributed by atoms with Gasteiger partial charge < -0.3 is 9.80 Å². The number of anilines is 5. The summed E-state index contributed by atoms with van der Waals surface area (Å²) in [6.07, 6.45) is 8.96. The van der Waals surface area contributed by atoms with Gasteiger partial charge in [-0.2, -0.15) is 0 Å². The lowest BCUT2D eigenvalue weighted by Crippen LogP contribution is -2.56. The van der Waals surface area contributed by atoms with Crippen molar-refractivity contribution in [3.8, 4) is 11.1 Å². The van der Waals surface area contributed by atoms with Crippen molar-refractivity contribution in [3.63, 3.8) is 0 Å². The molecular weight excluding hydrogens is 864 g/mol. The van der Waals surface area contributed by atoms with Gasteiger partial charge in [-0.15, -0.1) is 11.8 Å². The molecule has 3 heterocycles. The van der Waals surface area contributed by atoms with Crippen LogP contribution in [0.5, 0.6) is 0 Å². The molecule has 1 saturated carbocycles. The second-order valence-electron chi connectivity index (χ2n) is 28.5. The molecule has 5 aromatic rings. The number of rotatable bonds is 3. The number of benzene rings is 5. The van der Waals surface area contributed by atoms with Gasteiger partial charge in [0.2, 0.25) is 0 Å². The fourth-order valence-corrected chi connectivity index (χ4v) is 17.0. The highest BCUT2D eigenvalue weighted by atomic mass is 32.2. The Morgan fingerprint density at radius 2 is 0.900 bits per heavy atom. The fraction of sp³-hybridized carbons (Fsp3) is 0.515. The Hall–Kier alpha value is -4.15. The van der Waals surface area contributed by atoms with Gasteiger partial charge in [-0.25, -0.2) is 0 Å². The summed E-state index contributed by atoms with van der Waals surface area (Å²) in [5.41, 5.74) is 18.9. The van der Waals surface area contributed by atoms with Crippen LogP contribution in [0.4, 0.5) is 28.4 Å². The van der Waals surface area contributed by atoms with Gasteiger partial charge in [0.1, 0.15) is 0 Å². The molecule has 0 spiro atoms. The molecule has 70 heavy (non-hydrogen) atoms. The molecule has 3 aliphatic heterocycles. The van der Waals surface area contributed by atoms with Gasteiger partial charge in [0.15, 0.2) is 0 Å². The van der Waals surface area contributed by atoms with E-state index in [1.807, 2.05) is 0 Å². The van der Waals surface area contributed by atoms with E-state index in [9.17, 15) is 2.74 Å². The summed E-state index contributed by atoms with van der Waals surface area (Å²) >= 11 is 2.17. The number of allylic oxidation sites excluding steroid dienone is 1. The van der Waals surface area contributed by atoms with E-state index in [0.717, 1.165) is 74.1 Å². The molecule has 0 saturated heterocycles. The molecule has 1 fully saturated rings. The molecule has 0 amide bonds. The molecular formula is C66H81BN2S. The average molecular weight is 950 g/mol. The monoisotopic (exact) mass is 950 g/mol. The maximum atomic E-state index is 9.62. The van der Waals surface area contributed by atoms with Crippen molar-refractivity contribution in [3.05, 3.63) is 135 Å². The van der Waals surface area contributed by atoms with Crippen LogP contribution >= 0.6 is 11.8 Å². The van der Waals surface area contributed by atoms with Crippen molar-refractivity contribution < 1.29 is 6.85 Å². The first-order valence-corrected chi connectivity index (χ1v) is 27.8. The van der Waals surface area contributed by atoms with Crippen molar-refractivity contribution in [1.82, 2.24) is 0 Å². The number of hydrogen-bond donors (Lipinski definition) is 0. The van der Waals surface area contributed by atoms with Gasteiger partial charge in [0, 0.05) is 45.3 Å². The van der Waals surface area contributed by atoms with E-state index in [-0.39, 0.29) is 91.7 Å². The molecule has 2 nitrogen and oxygen atoms in total. The number of thioether (sulfide) groups is 1. The number of nitrogens with zero attached hydrogens (tertiary/aromatic N) is 2. The second-order valence-corrected chi connectivity index (χ2v) is 29.7. The zero-order chi connectivity index (χ0) is 54.0. The minimum atomic E-state index is -0.370. The lowest BCUT2D eigenvalue weighted by Gasteiger charge is -2.52. The maximum Gasteiger partial charge on any atom is 0.259 e. The van der Waals surface area contributed by atoms with Crippen LogP contribution in [0, 0.1) is 16.7 Å². The quantitative estimate of drug-likeness (QED) is 0.166. The standard InChI is InChI=1S/C66H81BN2S/c1-59(2)26-28-61(5,6)46-36-42(22-24-44(46)59)68-51-39-49-48(63(9,10)30-31-64(49,11)12)38-50(51)67-55-52(68)34-41(40-20-18-17-19-21-40)35-53(55)69(43-23-25-45-47(37-43)62(7,8)29-27-60(45,3)4)56-54-57(70-58(56)67)66(15,16)33-32-65(54,13)14/h17-25,34-39,54,57H,26-33H2,1-16H3/i17D,18D,19D,20D,21D. The van der Waals surface area contributed by atoms with Gasteiger partial charge in [-0.1, -0.05) is 159 Å². The Labute approximate surface area is 435 Å². The van der Waals surface area contributed by atoms with Crippen LogP contribution < -0.4 is 20.7 Å². The first-order chi connectivity index (χ1) is 34.7. The summed E-state index contributed by atoms with van der Waals surface area (Å²) < 4.78 is 46.1. The molecule has 364 valence electrons. The zero-order valence-corrected chi connectivity index (χ0v) is 46.3. The first-order valence-electron chi connectivity index (χ1n) is 29.5. The van der Waals surface area contributed by atoms with E-state index in [2.05, 4.69) is 193 Å². The molecule has 0 bridgehead atoms. The van der Waals surface area contributed by atoms with E-state index < -0.39 is 0 Å². The second kappa shape index (κ2) is 14.8. The molecule has 4 heteroatoms. The molecule has 2 atom stereocenters. The van der Waals surface area contributed by atoms with Crippen LogP contribution in [0.2, 0.25) is 0 Å². The highest BCUT2D eigenvalue weighted by molar-refractivity contribution is 8.06. The average Bonchev–Trinajstić information content (AvgIpc) is 3.85. The van der Waals surface area contributed by atoms with Crippen LogP contribution in [0.15, 0.2) is 101 Å². The SMILES string of the molecule is [2H]c1c([2H])c([2H])c(-c2cc3c4c(c2)N(c2ccc5c(c2)C(C)(C)CCC5(C)C)c2cc5c(cc2B4C2=C(C4C(S2)C(C)(C)CCC4(C)C)N3c2ccc3c(c2)C(C)(C)CCC3(C)C)C(C)(C)CCC5(C)C)c([2H])c1[2H]. The highest BCUT2D eigenvalue weighted by Crippen LogP contribution is 2.66. The van der Waals surface area contributed by atoms with E-state index in [1.54, 1.807) is 0 Å². The Bertz CT molecular complexity index is 3340. The minimum absolute atomic E-state index is 0.0159. The summed E-state index contributed by atoms with van der Waals surface area (Å²) in [5, 5.41) is 0.334. The van der Waals surface area contributed by atoms with E-state index in [1.165, 1.54) is 60.5 Å². The largest absolute Gasteiger partial charge is 0.314 e. The van der Waals surface area contributed by atoms with Crippen molar-refractivity contribution >= 4 is 57.8 Å². The van der Waals surface area contributed by atoms with E-state index >= 15 is 0 Å². The minimum Gasteiger partial charge on any atom is -0.314 e. The molecule has 7 aliphatic rings. The van der Waals surface area contributed by atoms with Gasteiger partial charge in [0.05, 0.1) is 6.85 Å². The third-order valence-corrected chi connectivity index (χ3v) is 21.9. The fourth-order valence-electron chi connectivity index (χ4n) is 14.9.